The van der Waals surface area contributed by atoms with Crippen molar-refractivity contribution in [2.75, 3.05) is 5.88 Å². The average Bonchev–Trinajstić information content (AvgIpc) is 2.61. The molecule has 0 amide bonds. The molecule has 0 atom stereocenters. The molecule has 2 aromatic rings. The van der Waals surface area contributed by atoms with Crippen molar-refractivity contribution < 1.29 is 0 Å². The van der Waals surface area contributed by atoms with Crippen LogP contribution in [0.5, 0.6) is 0 Å². The molecule has 0 spiro atoms. The maximum Gasteiger partial charge on any atom is 0.137 e. The number of rotatable bonds is 2. The van der Waals surface area contributed by atoms with Crippen molar-refractivity contribution in [2.45, 2.75) is 0 Å². The number of nitrogens with one attached hydrogen (secondary N) is 1. The van der Waals surface area contributed by atoms with E-state index in [1.165, 1.54) is 0 Å². The lowest BCUT2D eigenvalue weighted by Gasteiger charge is -1.92. The third-order valence-corrected chi connectivity index (χ3v) is 2.00. The van der Waals surface area contributed by atoms with Crippen molar-refractivity contribution in [1.29, 1.82) is 0 Å². The lowest BCUT2D eigenvalue weighted by atomic mass is 10.2. The first-order valence-electron chi connectivity index (χ1n) is 4.06. The molecule has 0 radical (unpaired) electrons. The van der Waals surface area contributed by atoms with Crippen LogP contribution in [-0.2, 0) is 0 Å². The van der Waals surface area contributed by atoms with Gasteiger partial charge in [-0.15, -0.1) is 11.6 Å². The molecule has 0 aromatic carbocycles. The largest absolute Gasteiger partial charge is 0.346 e. The number of hydrogen-bond donors (Lipinski definition) is 1. The molecule has 0 unspecified atom stereocenters. The number of nitrogens with zero attached hydrogens (tertiary/aromatic N) is 1. The minimum Gasteiger partial charge on any atom is -0.346 e. The van der Waals surface area contributed by atoms with Gasteiger partial charge >= 0.3 is 0 Å². The Labute approximate surface area is 81.3 Å². The predicted molar refractivity (Wildman–Crippen MR) is 55.8 cm³/mol. The van der Waals surface area contributed by atoms with Gasteiger partial charge in [0.25, 0.3) is 0 Å². The van der Waals surface area contributed by atoms with Crippen molar-refractivity contribution in [3.05, 3.63) is 36.2 Å². The fourth-order valence-electron chi connectivity index (χ4n) is 1.23. The molecule has 0 saturated heterocycles. The number of H-pyrrole nitrogens is 1. The number of aromatic amines is 1. The summed E-state index contributed by atoms with van der Waals surface area (Å²) >= 11 is 5.54. The quantitative estimate of drug-likeness (QED) is 0.729. The van der Waals surface area contributed by atoms with E-state index in [4.69, 9.17) is 11.6 Å². The van der Waals surface area contributed by atoms with Gasteiger partial charge in [0.2, 0.25) is 0 Å². The van der Waals surface area contributed by atoms with Crippen LogP contribution < -0.4 is 0 Å². The van der Waals surface area contributed by atoms with Gasteiger partial charge in [0.1, 0.15) is 5.65 Å². The minimum absolute atomic E-state index is 0.533. The first kappa shape index (κ1) is 8.32. The second kappa shape index (κ2) is 3.62. The molecule has 0 aliphatic carbocycles. The molecule has 2 nitrogen and oxygen atoms in total. The van der Waals surface area contributed by atoms with Crippen LogP contribution >= 0.6 is 11.6 Å². The van der Waals surface area contributed by atoms with Gasteiger partial charge in [-0.2, -0.15) is 0 Å². The molecule has 3 heteroatoms. The van der Waals surface area contributed by atoms with Gasteiger partial charge < -0.3 is 4.98 Å². The Hall–Kier alpha value is -1.28. The van der Waals surface area contributed by atoms with Crippen molar-refractivity contribution in [3.63, 3.8) is 0 Å². The molecule has 2 aromatic heterocycles. The molecular weight excluding hydrogens is 184 g/mol. The van der Waals surface area contributed by atoms with Crippen molar-refractivity contribution in [2.24, 2.45) is 0 Å². The van der Waals surface area contributed by atoms with E-state index in [1.54, 1.807) is 0 Å². The highest BCUT2D eigenvalue weighted by molar-refractivity contribution is 6.19. The highest BCUT2D eigenvalue weighted by atomic mass is 35.5. The van der Waals surface area contributed by atoms with E-state index in [1.807, 2.05) is 30.6 Å². The summed E-state index contributed by atoms with van der Waals surface area (Å²) in [5.74, 6) is 0.533. The minimum atomic E-state index is 0.533. The summed E-state index contributed by atoms with van der Waals surface area (Å²) in [6.07, 6.45) is 7.57. The normalized spacial score (nSPS) is 11.5. The van der Waals surface area contributed by atoms with Gasteiger partial charge in [-0.1, -0.05) is 12.2 Å². The van der Waals surface area contributed by atoms with Crippen molar-refractivity contribution in [1.82, 2.24) is 9.97 Å². The number of pyridine rings is 1. The van der Waals surface area contributed by atoms with Gasteiger partial charge in [0, 0.05) is 23.7 Å². The molecule has 13 heavy (non-hydrogen) atoms. The molecule has 0 bridgehead atoms. The van der Waals surface area contributed by atoms with E-state index in [-0.39, 0.29) is 0 Å². The fourth-order valence-corrected chi connectivity index (χ4v) is 1.32. The highest BCUT2D eigenvalue weighted by Gasteiger charge is 1.94. The lowest BCUT2D eigenvalue weighted by Crippen LogP contribution is -1.78. The van der Waals surface area contributed by atoms with Crippen LogP contribution in [0.25, 0.3) is 17.1 Å². The first-order chi connectivity index (χ1) is 6.40. The first-order valence-corrected chi connectivity index (χ1v) is 4.59. The number of allylic oxidation sites excluding steroid dienone is 1. The standard InChI is InChI=1S/C10H9ClN2/c11-4-1-2-8-6-9-3-5-12-10(9)13-7-8/h1-3,5-7H,4H2,(H,12,13). The zero-order valence-electron chi connectivity index (χ0n) is 7.00. The molecular formula is C10H9ClN2. The summed E-state index contributed by atoms with van der Waals surface area (Å²) in [5.41, 5.74) is 2.00. The molecule has 2 rings (SSSR count). The van der Waals surface area contributed by atoms with Crippen LogP contribution in [0.4, 0.5) is 0 Å². The third kappa shape index (κ3) is 1.73. The zero-order valence-corrected chi connectivity index (χ0v) is 7.75. The van der Waals surface area contributed by atoms with Crippen LogP contribution in [0.2, 0.25) is 0 Å². The fraction of sp³-hybridized carbons (Fsp3) is 0.100. The molecule has 0 aliphatic rings. The molecule has 0 saturated carbocycles. The Balaban J connectivity index is 2.42. The molecule has 2 heterocycles. The number of hydrogen-bond acceptors (Lipinski definition) is 1. The van der Waals surface area contributed by atoms with Crippen LogP contribution in [0.3, 0.4) is 0 Å². The van der Waals surface area contributed by atoms with E-state index in [0.717, 1.165) is 16.6 Å². The van der Waals surface area contributed by atoms with E-state index in [0.29, 0.717) is 5.88 Å². The van der Waals surface area contributed by atoms with Crippen molar-refractivity contribution >= 4 is 28.7 Å². The van der Waals surface area contributed by atoms with Gasteiger partial charge in [0.15, 0.2) is 0 Å². The predicted octanol–water partition coefficient (Wildman–Crippen LogP) is 2.81. The number of aromatic nitrogens is 2. The van der Waals surface area contributed by atoms with Crippen molar-refractivity contribution in [3.8, 4) is 0 Å². The second-order valence-electron chi connectivity index (χ2n) is 2.74. The molecule has 66 valence electrons. The average molecular weight is 193 g/mol. The topological polar surface area (TPSA) is 28.7 Å². The Kier molecular flexibility index (Phi) is 2.32. The monoisotopic (exact) mass is 192 g/mol. The molecule has 1 N–H and O–H groups in total. The smallest absolute Gasteiger partial charge is 0.137 e. The van der Waals surface area contributed by atoms with E-state index in [2.05, 4.69) is 16.0 Å². The summed E-state index contributed by atoms with van der Waals surface area (Å²) in [4.78, 5) is 7.29. The van der Waals surface area contributed by atoms with Gasteiger partial charge in [-0.3, -0.25) is 0 Å². The number of alkyl halides is 1. The van der Waals surface area contributed by atoms with E-state index in [9.17, 15) is 0 Å². The van der Waals surface area contributed by atoms with Gasteiger partial charge in [-0.05, 0) is 17.7 Å². The highest BCUT2D eigenvalue weighted by Crippen LogP contribution is 2.12. The Bertz CT molecular complexity index is 431. The number of fused-ring (bicyclic) bond motifs is 1. The summed E-state index contributed by atoms with van der Waals surface area (Å²) in [6, 6.07) is 4.07. The molecule has 0 aliphatic heterocycles. The number of halogens is 1. The van der Waals surface area contributed by atoms with E-state index >= 15 is 0 Å². The molecule has 0 fully saturated rings. The second-order valence-corrected chi connectivity index (χ2v) is 3.05. The third-order valence-electron chi connectivity index (χ3n) is 1.82. The Morgan fingerprint density at radius 1 is 1.54 bits per heavy atom. The summed E-state index contributed by atoms with van der Waals surface area (Å²) in [5, 5.41) is 1.12. The van der Waals surface area contributed by atoms with Crippen LogP contribution in [-0.4, -0.2) is 15.8 Å². The SMILES string of the molecule is ClCC=Cc1cnc2[nH]ccc2c1. The van der Waals surface area contributed by atoms with Crippen LogP contribution in [0, 0.1) is 0 Å². The lowest BCUT2D eigenvalue weighted by molar-refractivity contribution is 1.32. The zero-order chi connectivity index (χ0) is 9.10. The van der Waals surface area contributed by atoms with Crippen LogP contribution in [0.1, 0.15) is 5.56 Å². The van der Waals surface area contributed by atoms with Gasteiger partial charge in [-0.25, -0.2) is 4.98 Å². The Morgan fingerprint density at radius 3 is 3.31 bits per heavy atom. The maximum absolute atomic E-state index is 5.54. The summed E-state index contributed by atoms with van der Waals surface area (Å²) in [7, 11) is 0. The summed E-state index contributed by atoms with van der Waals surface area (Å²) < 4.78 is 0. The maximum atomic E-state index is 5.54. The van der Waals surface area contributed by atoms with Gasteiger partial charge in [0.05, 0.1) is 0 Å². The van der Waals surface area contributed by atoms with Crippen LogP contribution in [0.15, 0.2) is 30.6 Å². The summed E-state index contributed by atoms with van der Waals surface area (Å²) in [6.45, 7) is 0. The van der Waals surface area contributed by atoms with E-state index < -0.39 is 0 Å². The Morgan fingerprint density at radius 2 is 2.46 bits per heavy atom.